The summed E-state index contributed by atoms with van der Waals surface area (Å²) in [5.74, 6) is 1.26. The summed E-state index contributed by atoms with van der Waals surface area (Å²) in [5.41, 5.74) is 4.68. The van der Waals surface area contributed by atoms with Crippen molar-refractivity contribution >= 4 is 39.2 Å². The van der Waals surface area contributed by atoms with Crippen LogP contribution in [0.15, 0.2) is 36.4 Å². The largest absolute Gasteiger partial charge is 0.496 e. The van der Waals surface area contributed by atoms with Crippen molar-refractivity contribution in [3.8, 4) is 11.5 Å². The van der Waals surface area contributed by atoms with Gasteiger partial charge in [0, 0.05) is 6.92 Å². The molecule has 0 N–H and O–H groups in total. The van der Waals surface area contributed by atoms with E-state index in [0.29, 0.717) is 5.75 Å². The van der Waals surface area contributed by atoms with Crippen molar-refractivity contribution in [1.29, 1.82) is 0 Å². The van der Waals surface area contributed by atoms with E-state index < -0.39 is 33.3 Å². The summed E-state index contributed by atoms with van der Waals surface area (Å²) in [6, 6.07) is 14.4. The van der Waals surface area contributed by atoms with E-state index in [0.717, 1.165) is 29.8 Å². The van der Waals surface area contributed by atoms with Crippen molar-refractivity contribution in [2.24, 2.45) is 0 Å². The molecule has 0 radical (unpaired) electrons. The van der Waals surface area contributed by atoms with Crippen molar-refractivity contribution in [3.63, 3.8) is 0 Å². The predicted molar refractivity (Wildman–Crippen MR) is 165 cm³/mol. The second-order valence-corrected chi connectivity index (χ2v) is 31.0. The molecule has 0 bridgehead atoms. The van der Waals surface area contributed by atoms with Crippen LogP contribution in [0.1, 0.15) is 29.2 Å². The van der Waals surface area contributed by atoms with Gasteiger partial charge in [0.15, 0.2) is 33.3 Å². The van der Waals surface area contributed by atoms with Gasteiger partial charge < -0.3 is 17.7 Å². The molecule has 2 aromatic rings. The van der Waals surface area contributed by atoms with E-state index in [1.165, 1.54) is 23.6 Å². The third kappa shape index (κ3) is 11.4. The quantitative estimate of drug-likeness (QED) is 0.149. The van der Waals surface area contributed by atoms with Gasteiger partial charge >= 0.3 is 5.97 Å². The van der Waals surface area contributed by atoms with Crippen LogP contribution in [0, 0.1) is 0 Å². The van der Waals surface area contributed by atoms with Crippen molar-refractivity contribution in [1.82, 2.24) is 0 Å². The summed E-state index contributed by atoms with van der Waals surface area (Å²) < 4.78 is 24.5. The molecule has 0 aliphatic carbocycles. The van der Waals surface area contributed by atoms with Gasteiger partial charge in [-0.1, -0.05) is 24.3 Å². The monoisotopic (exact) mass is 576 g/mol. The lowest BCUT2D eigenvalue weighted by Gasteiger charge is -2.32. The molecule has 0 fully saturated rings. The third-order valence-electron chi connectivity index (χ3n) is 5.53. The summed E-state index contributed by atoms with van der Waals surface area (Å²) in [6.07, 6.45) is 0.790. The third-order valence-corrected chi connectivity index (χ3v) is 17.3. The number of esters is 1. The first kappa shape index (κ1) is 31.7. The molecule has 37 heavy (non-hydrogen) atoms. The normalized spacial score (nSPS) is 13.0. The highest BCUT2D eigenvalue weighted by atomic mass is 28.4. The molecule has 0 unspecified atom stereocenters. The first-order chi connectivity index (χ1) is 16.8. The maximum absolute atomic E-state index is 11.8. The number of methoxy groups -OCH3 is 1. The van der Waals surface area contributed by atoms with E-state index in [1.54, 1.807) is 7.11 Å². The molecule has 0 aliphatic heterocycles. The Hall–Kier alpha value is -1.50. The van der Waals surface area contributed by atoms with Crippen molar-refractivity contribution in [3.05, 3.63) is 58.7 Å². The maximum atomic E-state index is 11.8. The van der Waals surface area contributed by atoms with Gasteiger partial charge in [-0.15, -0.1) is 0 Å². The summed E-state index contributed by atoms with van der Waals surface area (Å²) >= 11 is 0. The molecule has 0 heterocycles. The van der Waals surface area contributed by atoms with Gasteiger partial charge in [0.2, 0.25) is 0 Å². The summed E-state index contributed by atoms with van der Waals surface area (Å²) in [5, 5.41) is 0. The van der Waals surface area contributed by atoms with E-state index >= 15 is 0 Å². The molecule has 0 aromatic heterocycles. The van der Waals surface area contributed by atoms with Gasteiger partial charge in [0.05, 0.1) is 7.11 Å². The number of carbonyl (C=O) groups is 1. The number of hydrogen-bond donors (Lipinski definition) is 0. The van der Waals surface area contributed by atoms with Gasteiger partial charge in [0.25, 0.3) is 0 Å². The summed E-state index contributed by atoms with van der Waals surface area (Å²) in [7, 11) is -5.46. The Morgan fingerprint density at radius 2 is 1.08 bits per heavy atom. The van der Waals surface area contributed by atoms with Gasteiger partial charge in [-0.05, 0) is 118 Å². The number of ether oxygens (including phenoxy) is 2. The van der Waals surface area contributed by atoms with Gasteiger partial charge in [-0.3, -0.25) is 4.79 Å². The van der Waals surface area contributed by atoms with E-state index in [2.05, 4.69) is 95.8 Å². The standard InChI is InChI=1S/C28H48O5Si4/c1-22(29)31-28-16-14-24(19-26(28)21-37(11,12)33-35(6,7)8)17-23-13-15-27(30-2)25(18-23)20-36(9,10)32-34(3,4)5/h13-16,18-19H,17,20-21H2,1-12H3. The molecule has 0 aliphatic rings. The van der Waals surface area contributed by atoms with Crippen LogP contribution in [0.25, 0.3) is 0 Å². The zero-order valence-electron chi connectivity index (χ0n) is 25.1. The Balaban J connectivity index is 2.37. The molecule has 206 valence electrons. The molecule has 9 heteroatoms. The molecule has 5 nitrogen and oxygen atoms in total. The fourth-order valence-electron chi connectivity index (χ4n) is 5.10. The summed E-state index contributed by atoms with van der Waals surface area (Å²) in [4.78, 5) is 11.8. The molecule has 2 aromatic carbocycles. The van der Waals surface area contributed by atoms with E-state index in [1.807, 2.05) is 6.07 Å². The van der Waals surface area contributed by atoms with E-state index in [4.69, 9.17) is 17.7 Å². The van der Waals surface area contributed by atoms with Crippen molar-refractivity contribution in [2.45, 2.75) is 90.9 Å². The number of carbonyl (C=O) groups excluding carboxylic acids is 1. The van der Waals surface area contributed by atoms with Crippen LogP contribution < -0.4 is 9.47 Å². The first-order valence-corrected chi connectivity index (χ1v) is 26.2. The Labute approximate surface area is 229 Å². The van der Waals surface area contributed by atoms with Crippen LogP contribution in [-0.2, 0) is 31.5 Å². The Bertz CT molecular complexity index is 1080. The second kappa shape index (κ2) is 12.1. The molecule has 2 rings (SSSR count). The van der Waals surface area contributed by atoms with E-state index in [9.17, 15) is 4.79 Å². The Kier molecular flexibility index (Phi) is 10.4. The predicted octanol–water partition coefficient (Wildman–Crippen LogP) is 7.49. The molecule has 0 amide bonds. The highest BCUT2D eigenvalue weighted by molar-refractivity contribution is 6.84. The highest BCUT2D eigenvalue weighted by Gasteiger charge is 2.32. The minimum atomic E-state index is -2.00. The molecule has 0 spiro atoms. The second-order valence-electron chi connectivity index (χ2n) is 13.2. The minimum Gasteiger partial charge on any atom is -0.496 e. The van der Waals surface area contributed by atoms with E-state index in [-0.39, 0.29) is 5.97 Å². The van der Waals surface area contributed by atoms with Crippen LogP contribution in [0.4, 0.5) is 0 Å². The minimum absolute atomic E-state index is 0.299. The van der Waals surface area contributed by atoms with Gasteiger partial charge in [-0.25, -0.2) is 0 Å². The first-order valence-electron chi connectivity index (χ1n) is 13.1. The Morgan fingerprint density at radius 3 is 1.46 bits per heavy atom. The zero-order valence-corrected chi connectivity index (χ0v) is 29.1. The van der Waals surface area contributed by atoms with Crippen LogP contribution >= 0.6 is 0 Å². The lowest BCUT2D eigenvalue weighted by Crippen LogP contribution is -2.44. The average molecular weight is 577 g/mol. The lowest BCUT2D eigenvalue weighted by molar-refractivity contribution is -0.131. The average Bonchev–Trinajstić information content (AvgIpc) is 2.65. The van der Waals surface area contributed by atoms with Crippen LogP contribution in [0.3, 0.4) is 0 Å². The zero-order chi connectivity index (χ0) is 28.2. The highest BCUT2D eigenvalue weighted by Crippen LogP contribution is 2.30. The SMILES string of the molecule is COc1ccc(Cc2ccc(OC(C)=O)c(C[Si](C)(C)O[Si](C)(C)C)c2)cc1C[Si](C)(C)O[Si](C)(C)C. The maximum Gasteiger partial charge on any atom is 0.308 e. The fourth-order valence-corrected chi connectivity index (χ4v) is 21.3. The van der Waals surface area contributed by atoms with Gasteiger partial charge in [0.1, 0.15) is 11.5 Å². The van der Waals surface area contributed by atoms with Gasteiger partial charge in [-0.2, -0.15) is 0 Å². The fraction of sp³-hybridized carbons (Fsp3) is 0.536. The molecular formula is C28H48O5Si4. The molecule has 0 saturated carbocycles. The van der Waals surface area contributed by atoms with Crippen LogP contribution in [0.2, 0.25) is 65.5 Å². The lowest BCUT2D eigenvalue weighted by atomic mass is 10.0. The smallest absolute Gasteiger partial charge is 0.308 e. The molecule has 0 atom stereocenters. The van der Waals surface area contributed by atoms with Crippen LogP contribution in [-0.4, -0.2) is 46.3 Å². The topological polar surface area (TPSA) is 54.0 Å². The molecule has 0 saturated heterocycles. The summed E-state index contributed by atoms with van der Waals surface area (Å²) in [6.45, 7) is 24.0. The molecular weight excluding hydrogens is 529 g/mol. The number of hydrogen-bond acceptors (Lipinski definition) is 5. The number of benzene rings is 2. The Morgan fingerprint density at radius 1 is 0.676 bits per heavy atom. The number of rotatable bonds is 12. The van der Waals surface area contributed by atoms with Crippen molar-refractivity contribution < 1.29 is 22.5 Å². The van der Waals surface area contributed by atoms with Crippen molar-refractivity contribution in [2.75, 3.05) is 7.11 Å². The van der Waals surface area contributed by atoms with Crippen LogP contribution in [0.5, 0.6) is 11.5 Å².